The molecule has 1 N–H and O–H groups in total. The lowest BCUT2D eigenvalue weighted by Gasteiger charge is -2.23. The third-order valence-corrected chi connectivity index (χ3v) is 5.06. The SMILES string of the molecule is CN(C(=O)CNCc1ccco1)C1CCS(=O)(=O)C1. The second kappa shape index (κ2) is 5.75. The number of nitrogens with one attached hydrogen (secondary N) is 1. The molecular weight excluding hydrogens is 268 g/mol. The van der Waals surface area contributed by atoms with Crippen LogP contribution >= 0.6 is 0 Å². The minimum Gasteiger partial charge on any atom is -0.468 e. The normalized spacial score (nSPS) is 21.4. The summed E-state index contributed by atoms with van der Waals surface area (Å²) in [4.78, 5) is 13.4. The van der Waals surface area contributed by atoms with E-state index in [0.29, 0.717) is 13.0 Å². The number of hydrogen-bond acceptors (Lipinski definition) is 5. The van der Waals surface area contributed by atoms with Gasteiger partial charge < -0.3 is 14.6 Å². The lowest BCUT2D eigenvalue weighted by atomic mass is 10.2. The van der Waals surface area contributed by atoms with Gasteiger partial charge in [0.25, 0.3) is 0 Å². The zero-order valence-corrected chi connectivity index (χ0v) is 11.6. The van der Waals surface area contributed by atoms with Crippen LogP contribution in [0.2, 0.25) is 0 Å². The van der Waals surface area contributed by atoms with Crippen molar-refractivity contribution in [3.63, 3.8) is 0 Å². The van der Waals surface area contributed by atoms with Crippen molar-refractivity contribution in [1.82, 2.24) is 10.2 Å². The van der Waals surface area contributed by atoms with E-state index < -0.39 is 9.84 Å². The van der Waals surface area contributed by atoms with Gasteiger partial charge in [0, 0.05) is 13.1 Å². The van der Waals surface area contributed by atoms with Gasteiger partial charge in [-0.2, -0.15) is 0 Å². The van der Waals surface area contributed by atoms with E-state index in [2.05, 4.69) is 5.32 Å². The number of likely N-dealkylation sites (N-methyl/N-ethyl adjacent to an activating group) is 1. The highest BCUT2D eigenvalue weighted by molar-refractivity contribution is 7.91. The summed E-state index contributed by atoms with van der Waals surface area (Å²) in [5.41, 5.74) is 0. The van der Waals surface area contributed by atoms with E-state index in [1.165, 1.54) is 4.90 Å². The molecule has 1 aliphatic heterocycles. The smallest absolute Gasteiger partial charge is 0.236 e. The Morgan fingerprint density at radius 1 is 1.58 bits per heavy atom. The van der Waals surface area contributed by atoms with Crippen LogP contribution < -0.4 is 5.32 Å². The number of furan rings is 1. The quantitative estimate of drug-likeness (QED) is 0.825. The molecule has 1 amide bonds. The fourth-order valence-electron chi connectivity index (χ4n) is 2.11. The van der Waals surface area contributed by atoms with Gasteiger partial charge in [0.1, 0.15) is 5.76 Å². The third-order valence-electron chi connectivity index (χ3n) is 3.31. The van der Waals surface area contributed by atoms with Crippen molar-refractivity contribution in [1.29, 1.82) is 0 Å². The van der Waals surface area contributed by atoms with E-state index in [1.807, 2.05) is 6.07 Å². The number of amides is 1. The van der Waals surface area contributed by atoms with Gasteiger partial charge in [-0.05, 0) is 18.6 Å². The van der Waals surface area contributed by atoms with Crippen molar-refractivity contribution >= 4 is 15.7 Å². The molecule has 0 radical (unpaired) electrons. The number of nitrogens with zero attached hydrogens (tertiary/aromatic N) is 1. The maximum atomic E-state index is 11.9. The number of hydrogen-bond donors (Lipinski definition) is 1. The molecule has 106 valence electrons. The van der Waals surface area contributed by atoms with Gasteiger partial charge in [-0.1, -0.05) is 0 Å². The van der Waals surface area contributed by atoms with Crippen LogP contribution in [0.5, 0.6) is 0 Å². The van der Waals surface area contributed by atoms with Crippen molar-refractivity contribution in [2.75, 3.05) is 25.1 Å². The Labute approximate surface area is 112 Å². The molecule has 7 heteroatoms. The summed E-state index contributed by atoms with van der Waals surface area (Å²) in [6.45, 7) is 0.656. The van der Waals surface area contributed by atoms with Gasteiger partial charge in [0.05, 0.1) is 30.9 Å². The lowest BCUT2D eigenvalue weighted by molar-refractivity contribution is -0.130. The van der Waals surface area contributed by atoms with Crippen molar-refractivity contribution in [3.05, 3.63) is 24.2 Å². The summed E-state index contributed by atoms with van der Waals surface area (Å²) in [6, 6.07) is 3.42. The molecule has 19 heavy (non-hydrogen) atoms. The predicted molar refractivity (Wildman–Crippen MR) is 70.2 cm³/mol. The van der Waals surface area contributed by atoms with Crippen molar-refractivity contribution in [3.8, 4) is 0 Å². The Morgan fingerprint density at radius 3 is 2.95 bits per heavy atom. The summed E-state index contributed by atoms with van der Waals surface area (Å²) in [7, 11) is -1.30. The molecule has 0 bridgehead atoms. The van der Waals surface area contributed by atoms with Crippen LogP contribution in [0.3, 0.4) is 0 Å². The van der Waals surface area contributed by atoms with Crippen LogP contribution in [0.15, 0.2) is 22.8 Å². The highest BCUT2D eigenvalue weighted by atomic mass is 32.2. The first-order valence-electron chi connectivity index (χ1n) is 6.17. The molecule has 1 aromatic heterocycles. The molecule has 2 rings (SSSR count). The zero-order valence-electron chi connectivity index (χ0n) is 10.8. The molecule has 0 aromatic carbocycles. The molecule has 1 fully saturated rings. The summed E-state index contributed by atoms with van der Waals surface area (Å²) < 4.78 is 27.9. The van der Waals surface area contributed by atoms with E-state index in [-0.39, 0.29) is 30.0 Å². The van der Waals surface area contributed by atoms with E-state index in [0.717, 1.165) is 5.76 Å². The van der Waals surface area contributed by atoms with Crippen LogP contribution in [0.1, 0.15) is 12.2 Å². The predicted octanol–water partition coefficient (Wildman–Crippen LogP) is 0.0147. The number of rotatable bonds is 5. The molecule has 6 nitrogen and oxygen atoms in total. The molecule has 0 saturated carbocycles. The third kappa shape index (κ3) is 3.81. The highest BCUT2D eigenvalue weighted by Crippen LogP contribution is 2.16. The Hall–Kier alpha value is -1.34. The number of carbonyl (C=O) groups is 1. The fraction of sp³-hybridized carbons (Fsp3) is 0.583. The first-order chi connectivity index (χ1) is 8.98. The van der Waals surface area contributed by atoms with Gasteiger partial charge in [0.15, 0.2) is 9.84 Å². The van der Waals surface area contributed by atoms with Crippen molar-refractivity contribution in [2.24, 2.45) is 0 Å². The standard InChI is InChI=1S/C12H18N2O4S/c1-14(10-4-6-19(16,17)9-10)12(15)8-13-7-11-3-2-5-18-11/h2-3,5,10,13H,4,6-9H2,1H3. The second-order valence-corrected chi connectivity index (χ2v) is 6.97. The van der Waals surface area contributed by atoms with E-state index in [9.17, 15) is 13.2 Å². The molecule has 1 aliphatic rings. The van der Waals surface area contributed by atoms with Crippen molar-refractivity contribution < 1.29 is 17.6 Å². The van der Waals surface area contributed by atoms with Crippen LogP contribution in [-0.4, -0.2) is 50.4 Å². The second-order valence-electron chi connectivity index (χ2n) is 4.74. The van der Waals surface area contributed by atoms with Crippen LogP contribution in [0.25, 0.3) is 0 Å². The van der Waals surface area contributed by atoms with E-state index in [1.54, 1.807) is 19.4 Å². The lowest BCUT2D eigenvalue weighted by Crippen LogP contribution is -2.42. The first kappa shape index (κ1) is 14.1. The van der Waals surface area contributed by atoms with Gasteiger partial charge in [-0.3, -0.25) is 4.79 Å². The Balaban J connectivity index is 1.77. The monoisotopic (exact) mass is 286 g/mol. The summed E-state index contributed by atoms with van der Waals surface area (Å²) >= 11 is 0. The largest absolute Gasteiger partial charge is 0.468 e. The topological polar surface area (TPSA) is 79.6 Å². The Bertz CT molecular complexity index is 524. The maximum absolute atomic E-state index is 11.9. The van der Waals surface area contributed by atoms with E-state index in [4.69, 9.17) is 4.42 Å². The molecular formula is C12H18N2O4S. The van der Waals surface area contributed by atoms with Gasteiger partial charge in [0.2, 0.25) is 5.91 Å². The fourth-order valence-corrected chi connectivity index (χ4v) is 3.89. The minimum absolute atomic E-state index is 0.0768. The van der Waals surface area contributed by atoms with Crippen LogP contribution in [0.4, 0.5) is 0 Å². The van der Waals surface area contributed by atoms with Crippen LogP contribution in [-0.2, 0) is 21.2 Å². The summed E-state index contributed by atoms with van der Waals surface area (Å²) in [5, 5.41) is 2.98. The number of carbonyl (C=O) groups excluding carboxylic acids is 1. The van der Waals surface area contributed by atoms with Gasteiger partial charge >= 0.3 is 0 Å². The average Bonchev–Trinajstić information content (AvgIpc) is 2.97. The maximum Gasteiger partial charge on any atom is 0.236 e. The molecule has 0 aliphatic carbocycles. The van der Waals surface area contributed by atoms with Gasteiger partial charge in [-0.15, -0.1) is 0 Å². The Kier molecular flexibility index (Phi) is 4.26. The molecule has 1 aromatic rings. The number of sulfone groups is 1. The van der Waals surface area contributed by atoms with E-state index >= 15 is 0 Å². The molecule has 1 unspecified atom stereocenters. The van der Waals surface area contributed by atoms with Crippen LogP contribution in [0, 0.1) is 0 Å². The zero-order chi connectivity index (χ0) is 13.9. The average molecular weight is 286 g/mol. The molecule has 1 atom stereocenters. The first-order valence-corrected chi connectivity index (χ1v) is 7.99. The molecule has 1 saturated heterocycles. The van der Waals surface area contributed by atoms with Gasteiger partial charge in [-0.25, -0.2) is 8.42 Å². The summed E-state index contributed by atoms with van der Waals surface area (Å²) in [6.07, 6.45) is 2.11. The minimum atomic E-state index is -2.96. The molecule has 2 heterocycles. The highest BCUT2D eigenvalue weighted by Gasteiger charge is 2.32. The summed E-state index contributed by atoms with van der Waals surface area (Å²) in [5.74, 6) is 0.912. The Morgan fingerprint density at radius 2 is 2.37 bits per heavy atom. The molecule has 0 spiro atoms. The van der Waals surface area contributed by atoms with Crippen molar-refractivity contribution in [2.45, 2.75) is 19.0 Å².